The van der Waals surface area contributed by atoms with Crippen LogP contribution < -0.4 is 10.3 Å². The first-order valence-electron chi connectivity index (χ1n) is 10.4. The molecule has 162 valence electrons. The molecule has 1 aliphatic rings. The molecule has 0 amide bonds. The van der Waals surface area contributed by atoms with Gasteiger partial charge >= 0.3 is 5.69 Å². The zero-order valence-electron chi connectivity index (χ0n) is 17.3. The van der Waals surface area contributed by atoms with Crippen molar-refractivity contribution in [3.8, 4) is 11.8 Å². The second kappa shape index (κ2) is 9.39. The maximum absolute atomic E-state index is 13.2. The number of benzene rings is 2. The summed E-state index contributed by atoms with van der Waals surface area (Å²) < 4.78 is 6.44. The molecule has 0 radical (unpaired) electrons. The second-order valence-corrected chi connectivity index (χ2v) is 7.61. The predicted octanol–water partition coefficient (Wildman–Crippen LogP) is 4.14. The van der Waals surface area contributed by atoms with E-state index in [1.807, 2.05) is 12.1 Å². The van der Waals surface area contributed by atoms with E-state index in [9.17, 15) is 14.9 Å². The lowest BCUT2D eigenvalue weighted by molar-refractivity contribution is -0.385. The van der Waals surface area contributed by atoms with Gasteiger partial charge in [-0.05, 0) is 37.1 Å². The first kappa shape index (κ1) is 21.2. The third-order valence-electron chi connectivity index (χ3n) is 5.54. The summed E-state index contributed by atoms with van der Waals surface area (Å²) in [6.45, 7) is -0.294. The van der Waals surface area contributed by atoms with Crippen molar-refractivity contribution in [3.63, 3.8) is 0 Å². The van der Waals surface area contributed by atoms with Gasteiger partial charge in [0, 0.05) is 17.5 Å². The van der Waals surface area contributed by atoms with Crippen molar-refractivity contribution < 1.29 is 9.66 Å². The fourth-order valence-electron chi connectivity index (χ4n) is 3.99. The summed E-state index contributed by atoms with van der Waals surface area (Å²) in [5.41, 5.74) is 0.520. The molecule has 0 aliphatic heterocycles. The molecule has 1 saturated carbocycles. The largest absolute Gasteiger partial charge is 0.472 e. The van der Waals surface area contributed by atoms with E-state index in [0.717, 1.165) is 25.7 Å². The molecule has 1 aromatic heterocycles. The van der Waals surface area contributed by atoms with Crippen LogP contribution in [0, 0.1) is 21.4 Å². The van der Waals surface area contributed by atoms with E-state index in [0.29, 0.717) is 22.3 Å². The molecule has 0 N–H and O–H groups in total. The van der Waals surface area contributed by atoms with Gasteiger partial charge in [-0.15, -0.1) is 0 Å². The standard InChI is InChI=1S/C23H21N5O4/c24-12-13-32-21-11-10-16(14-20(21)28(30)31)15-25-27-22(17-6-2-1-3-7-17)26-19-9-5-4-8-18(19)23(27)29/h4-5,8-11,14-15,17H,1-3,6-7,13H2. The molecule has 0 atom stereocenters. The van der Waals surface area contributed by atoms with E-state index in [-0.39, 0.29) is 29.5 Å². The zero-order chi connectivity index (χ0) is 22.5. The minimum Gasteiger partial charge on any atom is -0.472 e. The molecule has 1 heterocycles. The van der Waals surface area contributed by atoms with Crippen molar-refractivity contribution in [2.45, 2.75) is 38.0 Å². The average Bonchev–Trinajstić information content (AvgIpc) is 2.82. The lowest BCUT2D eigenvalue weighted by Crippen LogP contribution is -2.25. The van der Waals surface area contributed by atoms with Gasteiger partial charge in [0.15, 0.2) is 12.4 Å². The molecule has 9 nitrogen and oxygen atoms in total. The lowest BCUT2D eigenvalue weighted by Gasteiger charge is -2.22. The monoisotopic (exact) mass is 431 g/mol. The number of ether oxygens (including phenoxy) is 1. The van der Waals surface area contributed by atoms with E-state index in [1.54, 1.807) is 24.3 Å². The molecule has 2 aromatic carbocycles. The zero-order valence-corrected chi connectivity index (χ0v) is 17.3. The molecule has 0 bridgehead atoms. The van der Waals surface area contributed by atoms with Crippen LogP contribution in [0.5, 0.6) is 5.75 Å². The quantitative estimate of drug-likeness (QED) is 0.328. The van der Waals surface area contributed by atoms with Gasteiger partial charge in [-0.1, -0.05) is 31.4 Å². The molecule has 0 unspecified atom stereocenters. The molecule has 4 rings (SSSR count). The van der Waals surface area contributed by atoms with Crippen LogP contribution >= 0.6 is 0 Å². The molecular weight excluding hydrogens is 410 g/mol. The molecule has 1 fully saturated rings. The van der Waals surface area contributed by atoms with E-state index >= 15 is 0 Å². The van der Waals surface area contributed by atoms with Crippen molar-refractivity contribution in [2.75, 3.05) is 6.61 Å². The Morgan fingerprint density at radius 3 is 2.78 bits per heavy atom. The Bertz CT molecular complexity index is 1290. The Hall–Kier alpha value is -4.06. The Morgan fingerprint density at radius 2 is 2.03 bits per heavy atom. The summed E-state index contributed by atoms with van der Waals surface area (Å²) in [5, 5.41) is 24.9. The van der Waals surface area contributed by atoms with Crippen LogP contribution in [-0.4, -0.2) is 27.4 Å². The van der Waals surface area contributed by atoms with Crippen molar-refractivity contribution in [2.24, 2.45) is 5.10 Å². The highest BCUT2D eigenvalue weighted by molar-refractivity contribution is 5.82. The van der Waals surface area contributed by atoms with E-state index in [4.69, 9.17) is 15.0 Å². The molecule has 32 heavy (non-hydrogen) atoms. The summed E-state index contributed by atoms with van der Waals surface area (Å²) in [6, 6.07) is 13.3. The number of nitrogens with zero attached hydrogens (tertiary/aromatic N) is 5. The van der Waals surface area contributed by atoms with Crippen LogP contribution in [0.3, 0.4) is 0 Å². The number of hydrogen-bond acceptors (Lipinski definition) is 7. The van der Waals surface area contributed by atoms with Gasteiger partial charge in [0.2, 0.25) is 0 Å². The van der Waals surface area contributed by atoms with Crippen LogP contribution in [0.25, 0.3) is 10.9 Å². The predicted molar refractivity (Wildman–Crippen MR) is 119 cm³/mol. The van der Waals surface area contributed by atoms with Crippen molar-refractivity contribution >= 4 is 22.8 Å². The number of hydrogen-bond donors (Lipinski definition) is 0. The summed E-state index contributed by atoms with van der Waals surface area (Å²) in [4.78, 5) is 28.8. The minimum atomic E-state index is -0.582. The summed E-state index contributed by atoms with van der Waals surface area (Å²) >= 11 is 0. The first-order chi connectivity index (χ1) is 15.6. The minimum absolute atomic E-state index is 0.00105. The van der Waals surface area contributed by atoms with Crippen LogP contribution in [0.15, 0.2) is 52.4 Å². The molecule has 1 aliphatic carbocycles. The van der Waals surface area contributed by atoms with E-state index < -0.39 is 4.92 Å². The van der Waals surface area contributed by atoms with Gasteiger partial charge in [-0.25, -0.2) is 4.98 Å². The highest BCUT2D eigenvalue weighted by atomic mass is 16.6. The number of nitro groups is 1. The Kier molecular flexibility index (Phi) is 6.22. The normalized spacial score (nSPS) is 14.5. The number of nitro benzene ring substituents is 1. The maximum atomic E-state index is 13.2. The Labute approximate surface area is 183 Å². The SMILES string of the molecule is N#CCOc1ccc(C=Nn2c(C3CCCCC3)nc3ccccc3c2=O)cc1[N+](=O)[O-]. The van der Waals surface area contributed by atoms with Crippen LogP contribution in [0.2, 0.25) is 0 Å². The van der Waals surface area contributed by atoms with Gasteiger partial charge in [0.25, 0.3) is 5.56 Å². The Balaban J connectivity index is 1.77. The fraction of sp³-hybridized carbons (Fsp3) is 0.304. The molecule has 0 saturated heterocycles. The average molecular weight is 431 g/mol. The maximum Gasteiger partial charge on any atom is 0.311 e. The van der Waals surface area contributed by atoms with Crippen LogP contribution in [0.1, 0.15) is 49.4 Å². The first-order valence-corrected chi connectivity index (χ1v) is 10.4. The van der Waals surface area contributed by atoms with Crippen molar-refractivity contribution in [1.82, 2.24) is 9.66 Å². The summed E-state index contributed by atoms with van der Waals surface area (Å²) in [7, 11) is 0. The molecule has 0 spiro atoms. The van der Waals surface area contributed by atoms with Crippen LogP contribution in [0.4, 0.5) is 5.69 Å². The highest BCUT2D eigenvalue weighted by Gasteiger charge is 2.22. The lowest BCUT2D eigenvalue weighted by atomic mass is 9.88. The smallest absolute Gasteiger partial charge is 0.311 e. The summed E-state index contributed by atoms with van der Waals surface area (Å²) in [5.74, 6) is 0.753. The fourth-order valence-corrected chi connectivity index (χ4v) is 3.99. The molecule has 9 heteroatoms. The number of rotatable bonds is 6. The van der Waals surface area contributed by atoms with E-state index in [1.165, 1.54) is 29.4 Å². The topological polar surface area (TPSA) is 123 Å². The van der Waals surface area contributed by atoms with Crippen LogP contribution in [-0.2, 0) is 0 Å². The summed E-state index contributed by atoms with van der Waals surface area (Å²) in [6.07, 6.45) is 6.61. The van der Waals surface area contributed by atoms with Gasteiger partial charge in [-0.3, -0.25) is 14.9 Å². The Morgan fingerprint density at radius 1 is 1.25 bits per heavy atom. The number of nitriles is 1. The number of fused-ring (bicyclic) bond motifs is 1. The van der Waals surface area contributed by atoms with Crippen molar-refractivity contribution in [1.29, 1.82) is 5.26 Å². The number of aromatic nitrogens is 2. The molecular formula is C23H21N5O4. The van der Waals surface area contributed by atoms with Gasteiger partial charge in [0.05, 0.1) is 22.0 Å². The third-order valence-corrected chi connectivity index (χ3v) is 5.54. The third kappa shape index (κ3) is 4.34. The van der Waals surface area contributed by atoms with Gasteiger partial charge in [0.1, 0.15) is 11.9 Å². The number of para-hydroxylation sites is 1. The highest BCUT2D eigenvalue weighted by Crippen LogP contribution is 2.32. The van der Waals surface area contributed by atoms with Gasteiger partial charge < -0.3 is 4.74 Å². The van der Waals surface area contributed by atoms with Gasteiger partial charge in [-0.2, -0.15) is 15.0 Å². The second-order valence-electron chi connectivity index (χ2n) is 7.61. The van der Waals surface area contributed by atoms with Crippen molar-refractivity contribution in [3.05, 3.63) is 74.3 Å². The van der Waals surface area contributed by atoms with E-state index in [2.05, 4.69) is 5.10 Å². The molecule has 3 aromatic rings.